The van der Waals surface area contributed by atoms with E-state index in [-0.39, 0.29) is 5.91 Å². The van der Waals surface area contributed by atoms with Crippen LogP contribution in [-0.4, -0.2) is 34.2 Å². The fraction of sp³-hybridized carbons (Fsp3) is 0.346. The summed E-state index contributed by atoms with van der Waals surface area (Å²) >= 11 is 2.78. The number of furan rings is 2. The first-order valence-corrected chi connectivity index (χ1v) is 13.6. The lowest BCUT2D eigenvalue weighted by Gasteiger charge is -2.12. The minimum Gasteiger partial charge on any atom is -0.465 e. The second kappa shape index (κ2) is 10.8. The number of methoxy groups -OCH3 is 1. The highest BCUT2D eigenvalue weighted by Crippen LogP contribution is 2.39. The van der Waals surface area contributed by atoms with Crippen molar-refractivity contribution in [3.05, 3.63) is 52.8 Å². The standard InChI is InChI=1S/C26H27N3O5S2/c1-15(35-26-27-21(17-10-7-13-33-17)22(28-26)18-11-8-14-34-18)23(30)29-24-20(25(31)32-2)16-9-5-3-4-6-12-19(16)36-24/h7-8,10-11,13-15H,3-6,9,12H2,1-2H3,(H,27,28)(H,29,30). The molecule has 8 nitrogen and oxygen atoms in total. The molecule has 0 radical (unpaired) electrons. The highest BCUT2D eigenvalue weighted by Gasteiger charge is 2.28. The van der Waals surface area contributed by atoms with E-state index in [0.29, 0.717) is 38.6 Å². The molecule has 0 aromatic carbocycles. The number of hydrogen-bond donors (Lipinski definition) is 2. The SMILES string of the molecule is COC(=O)c1c(NC(=O)C(C)Sc2nc(-c3ccco3)c(-c3ccco3)[nH]2)sc2c1CCCCCC2. The van der Waals surface area contributed by atoms with Crippen LogP contribution in [0.25, 0.3) is 22.9 Å². The summed E-state index contributed by atoms with van der Waals surface area (Å²) in [5.74, 6) is 0.604. The number of carbonyl (C=O) groups is 2. The van der Waals surface area contributed by atoms with Gasteiger partial charge in [-0.1, -0.05) is 24.6 Å². The molecule has 0 fully saturated rings. The molecule has 1 amide bonds. The number of aryl methyl sites for hydroxylation is 1. The largest absolute Gasteiger partial charge is 0.465 e. The molecule has 1 atom stereocenters. The zero-order valence-electron chi connectivity index (χ0n) is 20.1. The Kier molecular flexibility index (Phi) is 7.33. The maximum absolute atomic E-state index is 13.2. The van der Waals surface area contributed by atoms with E-state index < -0.39 is 11.2 Å². The smallest absolute Gasteiger partial charge is 0.341 e. The summed E-state index contributed by atoms with van der Waals surface area (Å²) in [4.78, 5) is 35.0. The number of aromatic nitrogens is 2. The van der Waals surface area contributed by atoms with Gasteiger partial charge in [0, 0.05) is 4.88 Å². The first kappa shape index (κ1) is 24.5. The fourth-order valence-electron chi connectivity index (χ4n) is 4.36. The maximum atomic E-state index is 13.2. The number of ether oxygens (including phenoxy) is 1. The number of amides is 1. The van der Waals surface area contributed by atoms with Gasteiger partial charge in [0.05, 0.1) is 30.4 Å². The lowest BCUT2D eigenvalue weighted by atomic mass is 9.96. The van der Waals surface area contributed by atoms with E-state index in [0.717, 1.165) is 37.7 Å². The predicted molar refractivity (Wildman–Crippen MR) is 139 cm³/mol. The van der Waals surface area contributed by atoms with Crippen molar-refractivity contribution in [2.24, 2.45) is 0 Å². The molecule has 0 aliphatic heterocycles. The van der Waals surface area contributed by atoms with Gasteiger partial charge in [0.15, 0.2) is 16.7 Å². The van der Waals surface area contributed by atoms with E-state index in [1.807, 2.05) is 19.1 Å². The van der Waals surface area contributed by atoms with E-state index in [4.69, 9.17) is 13.6 Å². The Morgan fingerprint density at radius 2 is 1.83 bits per heavy atom. The van der Waals surface area contributed by atoms with Gasteiger partial charge in [0.25, 0.3) is 0 Å². The van der Waals surface area contributed by atoms with Crippen LogP contribution in [0.5, 0.6) is 0 Å². The lowest BCUT2D eigenvalue weighted by Crippen LogP contribution is -2.23. The molecule has 188 valence electrons. The van der Waals surface area contributed by atoms with Gasteiger partial charge in [-0.25, -0.2) is 9.78 Å². The number of H-pyrrole nitrogens is 1. The third kappa shape index (κ3) is 5.01. The molecular weight excluding hydrogens is 498 g/mol. The quantitative estimate of drug-likeness (QED) is 0.208. The highest BCUT2D eigenvalue weighted by atomic mass is 32.2. The topological polar surface area (TPSA) is 110 Å². The molecule has 4 aromatic heterocycles. The van der Waals surface area contributed by atoms with E-state index >= 15 is 0 Å². The zero-order chi connectivity index (χ0) is 25.1. The van der Waals surface area contributed by atoms with Crippen molar-refractivity contribution in [2.75, 3.05) is 12.4 Å². The summed E-state index contributed by atoms with van der Waals surface area (Å²) in [6.45, 7) is 1.81. The normalized spacial score (nSPS) is 14.5. The Balaban J connectivity index is 1.37. The van der Waals surface area contributed by atoms with E-state index in [1.54, 1.807) is 24.7 Å². The molecule has 1 aliphatic carbocycles. The van der Waals surface area contributed by atoms with Crippen molar-refractivity contribution in [2.45, 2.75) is 55.9 Å². The Labute approximate surface area is 216 Å². The van der Waals surface area contributed by atoms with E-state index in [1.165, 1.54) is 41.5 Å². The number of fused-ring (bicyclic) bond motifs is 1. The van der Waals surface area contributed by atoms with Crippen molar-refractivity contribution in [3.63, 3.8) is 0 Å². The van der Waals surface area contributed by atoms with Gasteiger partial charge in [-0.2, -0.15) is 0 Å². The fourth-order valence-corrected chi connectivity index (χ4v) is 6.44. The van der Waals surface area contributed by atoms with Crippen molar-refractivity contribution in [1.82, 2.24) is 9.97 Å². The van der Waals surface area contributed by atoms with Crippen LogP contribution in [0.3, 0.4) is 0 Å². The molecule has 36 heavy (non-hydrogen) atoms. The van der Waals surface area contributed by atoms with Crippen LogP contribution in [-0.2, 0) is 22.4 Å². The average Bonchev–Trinajstić information content (AvgIpc) is 3.65. The number of carbonyl (C=O) groups excluding carboxylic acids is 2. The number of thiophene rings is 1. The van der Waals surface area contributed by atoms with Crippen molar-refractivity contribution in [3.8, 4) is 22.9 Å². The van der Waals surface area contributed by atoms with E-state index in [9.17, 15) is 9.59 Å². The van der Waals surface area contributed by atoms with Crippen LogP contribution < -0.4 is 5.32 Å². The molecule has 4 heterocycles. The minimum absolute atomic E-state index is 0.213. The van der Waals surface area contributed by atoms with Gasteiger partial charge in [0.1, 0.15) is 16.4 Å². The number of hydrogen-bond acceptors (Lipinski definition) is 8. The lowest BCUT2D eigenvalue weighted by molar-refractivity contribution is -0.115. The first-order chi connectivity index (χ1) is 17.5. The highest BCUT2D eigenvalue weighted by molar-refractivity contribution is 8.00. The molecule has 4 aromatic rings. The van der Waals surface area contributed by atoms with Crippen molar-refractivity contribution in [1.29, 1.82) is 0 Å². The van der Waals surface area contributed by atoms with Crippen molar-refractivity contribution < 1.29 is 23.2 Å². The molecule has 10 heteroatoms. The summed E-state index contributed by atoms with van der Waals surface area (Å²) in [7, 11) is 1.38. The third-order valence-corrected chi connectivity index (χ3v) is 8.35. The third-order valence-electron chi connectivity index (χ3n) is 6.16. The summed E-state index contributed by atoms with van der Waals surface area (Å²) in [6, 6.07) is 7.25. The van der Waals surface area contributed by atoms with Crippen LogP contribution in [0, 0.1) is 0 Å². The number of aromatic amines is 1. The predicted octanol–water partition coefficient (Wildman–Crippen LogP) is 6.56. The number of thioether (sulfide) groups is 1. The molecule has 0 bridgehead atoms. The summed E-state index contributed by atoms with van der Waals surface area (Å²) < 4.78 is 16.2. The number of imidazole rings is 1. The van der Waals surface area contributed by atoms with Gasteiger partial charge < -0.3 is 23.9 Å². The molecule has 1 unspecified atom stereocenters. The van der Waals surface area contributed by atoms with Gasteiger partial charge >= 0.3 is 5.97 Å². The van der Waals surface area contributed by atoms with Gasteiger partial charge in [-0.15, -0.1) is 11.3 Å². The van der Waals surface area contributed by atoms with Crippen LogP contribution in [0.1, 0.15) is 53.4 Å². The second-order valence-corrected chi connectivity index (χ2v) is 11.0. The van der Waals surface area contributed by atoms with Crippen LogP contribution in [0.2, 0.25) is 0 Å². The van der Waals surface area contributed by atoms with E-state index in [2.05, 4.69) is 15.3 Å². The number of nitrogens with zero attached hydrogens (tertiary/aromatic N) is 1. The molecule has 2 N–H and O–H groups in total. The zero-order valence-corrected chi connectivity index (χ0v) is 21.7. The average molecular weight is 526 g/mol. The Hall–Kier alpha value is -3.24. The van der Waals surface area contributed by atoms with Crippen LogP contribution >= 0.6 is 23.1 Å². The Morgan fingerprint density at radius 3 is 2.53 bits per heavy atom. The number of anilines is 1. The van der Waals surface area contributed by atoms with Crippen LogP contribution in [0.4, 0.5) is 5.00 Å². The minimum atomic E-state index is -0.486. The van der Waals surface area contributed by atoms with Gasteiger partial charge in [0.2, 0.25) is 5.91 Å². The second-order valence-electron chi connectivity index (χ2n) is 8.58. The number of esters is 1. The van der Waals surface area contributed by atoms with Gasteiger partial charge in [-0.3, -0.25) is 4.79 Å². The summed E-state index contributed by atoms with van der Waals surface area (Å²) in [5, 5.41) is 3.64. The van der Waals surface area contributed by atoms with Crippen LogP contribution in [0.15, 0.2) is 50.8 Å². The number of rotatable bonds is 7. The van der Waals surface area contributed by atoms with Gasteiger partial charge in [-0.05, 0) is 62.4 Å². The molecule has 0 saturated heterocycles. The molecular formula is C26H27N3O5S2. The molecule has 1 aliphatic rings. The summed E-state index contributed by atoms with van der Waals surface area (Å²) in [6.07, 6.45) is 9.37. The molecule has 0 spiro atoms. The van der Waals surface area contributed by atoms with Crippen molar-refractivity contribution >= 4 is 40.0 Å². The maximum Gasteiger partial charge on any atom is 0.341 e. The monoisotopic (exact) mass is 525 g/mol. The first-order valence-electron chi connectivity index (χ1n) is 11.9. The Bertz CT molecular complexity index is 1290. The summed E-state index contributed by atoms with van der Waals surface area (Å²) in [5.41, 5.74) is 2.81. The molecule has 0 saturated carbocycles. The Morgan fingerprint density at radius 1 is 1.11 bits per heavy atom. The number of nitrogens with one attached hydrogen (secondary N) is 2. The molecule has 5 rings (SSSR count).